The van der Waals surface area contributed by atoms with E-state index in [4.69, 9.17) is 0 Å². The monoisotopic (exact) mass is 241 g/mol. The minimum absolute atomic E-state index is 0.0453. The van der Waals surface area contributed by atoms with Crippen LogP contribution in [0.4, 0.5) is 0 Å². The molecule has 0 radical (unpaired) electrons. The fourth-order valence-electron chi connectivity index (χ4n) is 1.14. The van der Waals surface area contributed by atoms with Crippen molar-refractivity contribution in [3.63, 3.8) is 0 Å². The van der Waals surface area contributed by atoms with Gasteiger partial charge in [-0.25, -0.2) is 4.98 Å². The first-order chi connectivity index (χ1) is 7.49. The van der Waals surface area contributed by atoms with Gasteiger partial charge in [0.1, 0.15) is 0 Å². The van der Waals surface area contributed by atoms with Crippen LogP contribution >= 0.6 is 11.3 Å². The molecule has 2 amide bonds. The molecule has 1 aromatic rings. The molecule has 0 spiro atoms. The van der Waals surface area contributed by atoms with Gasteiger partial charge in [0.2, 0.25) is 11.8 Å². The van der Waals surface area contributed by atoms with Crippen LogP contribution in [0.5, 0.6) is 0 Å². The summed E-state index contributed by atoms with van der Waals surface area (Å²) in [6.07, 6.45) is 1.77. The quantitative estimate of drug-likeness (QED) is 0.837. The van der Waals surface area contributed by atoms with E-state index >= 15 is 0 Å². The fourth-order valence-corrected chi connectivity index (χ4v) is 1.98. The van der Waals surface area contributed by atoms with Crippen molar-refractivity contribution >= 4 is 23.2 Å². The van der Waals surface area contributed by atoms with Gasteiger partial charge >= 0.3 is 0 Å². The first-order valence-corrected chi connectivity index (χ1v) is 5.70. The van der Waals surface area contributed by atoms with Crippen LogP contribution < -0.4 is 5.32 Å². The first kappa shape index (κ1) is 12.6. The maximum atomic E-state index is 11.6. The van der Waals surface area contributed by atoms with Gasteiger partial charge in [-0.1, -0.05) is 0 Å². The molecule has 0 atom stereocenters. The summed E-state index contributed by atoms with van der Waals surface area (Å²) in [6, 6.07) is 0. The Kier molecular flexibility index (Phi) is 4.42. The van der Waals surface area contributed by atoms with Crippen LogP contribution in [0.1, 0.15) is 16.8 Å². The van der Waals surface area contributed by atoms with Gasteiger partial charge in [-0.15, -0.1) is 11.3 Å². The Labute approximate surface area is 98.5 Å². The second-order valence-corrected chi connectivity index (χ2v) is 4.82. The van der Waals surface area contributed by atoms with E-state index in [2.05, 4.69) is 10.3 Å². The number of amides is 2. The third-order valence-corrected chi connectivity index (χ3v) is 2.87. The normalized spacial score (nSPS) is 9.94. The molecular weight excluding hydrogens is 226 g/mol. The van der Waals surface area contributed by atoms with E-state index in [9.17, 15) is 9.59 Å². The predicted molar refractivity (Wildman–Crippen MR) is 62.0 cm³/mol. The van der Waals surface area contributed by atoms with Gasteiger partial charge < -0.3 is 10.2 Å². The van der Waals surface area contributed by atoms with Crippen molar-refractivity contribution in [3.05, 3.63) is 16.1 Å². The van der Waals surface area contributed by atoms with Crippen LogP contribution in [0.3, 0.4) is 0 Å². The zero-order valence-corrected chi connectivity index (χ0v) is 10.4. The van der Waals surface area contributed by atoms with Gasteiger partial charge in [-0.2, -0.15) is 0 Å². The molecule has 0 bridgehead atoms. The number of rotatable bonds is 4. The highest BCUT2D eigenvalue weighted by Gasteiger charge is 2.10. The number of likely N-dealkylation sites (N-methyl/N-ethyl adjacent to an activating group) is 1. The SMILES string of the molecule is CC(=O)NCC(=O)N(C)Cc1cnc(C)s1. The van der Waals surface area contributed by atoms with Crippen LogP contribution in [0.2, 0.25) is 0 Å². The highest BCUT2D eigenvalue weighted by molar-refractivity contribution is 7.11. The lowest BCUT2D eigenvalue weighted by atomic mass is 10.4. The summed E-state index contributed by atoms with van der Waals surface area (Å²) in [4.78, 5) is 28.9. The minimum atomic E-state index is -0.199. The minimum Gasteiger partial charge on any atom is -0.347 e. The highest BCUT2D eigenvalue weighted by Crippen LogP contribution is 2.13. The summed E-state index contributed by atoms with van der Waals surface area (Å²) >= 11 is 1.57. The third-order valence-electron chi connectivity index (χ3n) is 1.98. The Morgan fingerprint density at radius 2 is 2.25 bits per heavy atom. The largest absolute Gasteiger partial charge is 0.347 e. The molecule has 5 nitrogen and oxygen atoms in total. The number of nitrogens with zero attached hydrogens (tertiary/aromatic N) is 2. The van der Waals surface area contributed by atoms with Crippen molar-refractivity contribution in [2.75, 3.05) is 13.6 Å². The Bertz CT molecular complexity index is 389. The number of hydrogen-bond acceptors (Lipinski definition) is 4. The van der Waals surface area contributed by atoms with Crippen LogP contribution in [0, 0.1) is 6.92 Å². The number of aryl methyl sites for hydroxylation is 1. The second kappa shape index (κ2) is 5.60. The molecule has 0 aliphatic heterocycles. The highest BCUT2D eigenvalue weighted by atomic mass is 32.1. The van der Waals surface area contributed by atoms with Crippen LogP contribution in [-0.4, -0.2) is 35.3 Å². The van der Waals surface area contributed by atoms with Crippen LogP contribution in [0.15, 0.2) is 6.20 Å². The van der Waals surface area contributed by atoms with Gasteiger partial charge in [0.15, 0.2) is 0 Å². The molecule has 0 aliphatic rings. The fraction of sp³-hybridized carbons (Fsp3) is 0.500. The number of nitrogens with one attached hydrogen (secondary N) is 1. The van der Waals surface area contributed by atoms with E-state index in [1.165, 1.54) is 6.92 Å². The Hall–Kier alpha value is -1.43. The summed E-state index contributed by atoms with van der Waals surface area (Å²) in [7, 11) is 1.71. The molecular formula is C10H15N3O2S. The van der Waals surface area contributed by atoms with Gasteiger partial charge in [0.25, 0.3) is 0 Å². The number of aromatic nitrogens is 1. The van der Waals surface area contributed by atoms with Crippen LogP contribution in [-0.2, 0) is 16.1 Å². The van der Waals surface area contributed by atoms with Crippen molar-refractivity contribution in [2.24, 2.45) is 0 Å². The summed E-state index contributed by atoms with van der Waals surface area (Å²) in [5.74, 6) is -0.309. The van der Waals surface area contributed by atoms with Gasteiger partial charge in [0.05, 0.1) is 18.1 Å². The van der Waals surface area contributed by atoms with Crippen molar-refractivity contribution in [3.8, 4) is 0 Å². The smallest absolute Gasteiger partial charge is 0.242 e. The summed E-state index contributed by atoms with van der Waals surface area (Å²) in [5.41, 5.74) is 0. The summed E-state index contributed by atoms with van der Waals surface area (Å²) in [5, 5.41) is 3.46. The molecule has 1 rings (SSSR count). The van der Waals surface area contributed by atoms with Crippen molar-refractivity contribution in [2.45, 2.75) is 20.4 Å². The number of hydrogen-bond donors (Lipinski definition) is 1. The number of carbonyl (C=O) groups excluding carboxylic acids is 2. The maximum Gasteiger partial charge on any atom is 0.242 e. The lowest BCUT2D eigenvalue weighted by Gasteiger charge is -2.15. The molecule has 0 saturated heterocycles. The van der Waals surface area contributed by atoms with E-state index < -0.39 is 0 Å². The zero-order chi connectivity index (χ0) is 12.1. The standard InChI is InChI=1S/C10H15N3O2S/c1-7(14)11-5-10(15)13(3)6-9-4-12-8(2)16-9/h4H,5-6H2,1-3H3,(H,11,14). The average Bonchev–Trinajstić information content (AvgIpc) is 2.60. The summed E-state index contributed by atoms with van der Waals surface area (Å²) in [6.45, 7) is 3.89. The molecule has 0 unspecified atom stereocenters. The molecule has 1 N–H and O–H groups in total. The summed E-state index contributed by atoms with van der Waals surface area (Å²) < 4.78 is 0. The lowest BCUT2D eigenvalue weighted by Crippen LogP contribution is -2.36. The molecule has 1 heterocycles. The molecule has 0 aromatic carbocycles. The average molecular weight is 241 g/mol. The van der Waals surface area contributed by atoms with Gasteiger partial charge in [-0.05, 0) is 6.92 Å². The van der Waals surface area contributed by atoms with E-state index in [0.717, 1.165) is 9.88 Å². The zero-order valence-electron chi connectivity index (χ0n) is 9.61. The van der Waals surface area contributed by atoms with Gasteiger partial charge in [-0.3, -0.25) is 9.59 Å². The molecule has 88 valence electrons. The van der Waals surface area contributed by atoms with Crippen molar-refractivity contribution in [1.82, 2.24) is 15.2 Å². The Morgan fingerprint density at radius 1 is 1.56 bits per heavy atom. The van der Waals surface area contributed by atoms with E-state index in [0.29, 0.717) is 6.54 Å². The number of carbonyl (C=O) groups is 2. The lowest BCUT2D eigenvalue weighted by molar-refractivity contribution is -0.131. The molecule has 0 aliphatic carbocycles. The predicted octanol–water partition coefficient (Wildman–Crippen LogP) is 0.546. The molecule has 0 saturated carbocycles. The molecule has 16 heavy (non-hydrogen) atoms. The molecule has 6 heteroatoms. The van der Waals surface area contributed by atoms with E-state index in [1.807, 2.05) is 6.92 Å². The molecule has 1 aromatic heterocycles. The Balaban J connectivity index is 2.42. The van der Waals surface area contributed by atoms with Gasteiger partial charge in [0, 0.05) is 25.0 Å². The van der Waals surface area contributed by atoms with Crippen LogP contribution in [0.25, 0.3) is 0 Å². The third kappa shape index (κ3) is 3.98. The maximum absolute atomic E-state index is 11.6. The Morgan fingerprint density at radius 3 is 2.75 bits per heavy atom. The second-order valence-electron chi connectivity index (χ2n) is 3.51. The number of thiazole rings is 1. The van der Waals surface area contributed by atoms with Crippen molar-refractivity contribution < 1.29 is 9.59 Å². The van der Waals surface area contributed by atoms with Crippen molar-refractivity contribution in [1.29, 1.82) is 0 Å². The van der Waals surface area contributed by atoms with E-state index in [1.54, 1.807) is 29.5 Å². The van der Waals surface area contributed by atoms with E-state index in [-0.39, 0.29) is 18.4 Å². The molecule has 0 fully saturated rings. The first-order valence-electron chi connectivity index (χ1n) is 4.88. The topological polar surface area (TPSA) is 62.3 Å².